The van der Waals surface area contributed by atoms with Crippen LogP contribution in [0.25, 0.3) is 11.1 Å². The van der Waals surface area contributed by atoms with Crippen LogP contribution in [0.3, 0.4) is 0 Å². The summed E-state index contributed by atoms with van der Waals surface area (Å²) in [4.78, 5) is 19.1. The number of pyridine rings is 1. The minimum Gasteiger partial charge on any atom is -0.442 e. The first-order valence-electron chi connectivity index (χ1n) is 11.5. The van der Waals surface area contributed by atoms with Gasteiger partial charge in [-0.15, -0.1) is 0 Å². The summed E-state index contributed by atoms with van der Waals surface area (Å²) in [6, 6.07) is 14.4. The fourth-order valence-electron chi connectivity index (χ4n) is 6.09. The van der Waals surface area contributed by atoms with Gasteiger partial charge in [0.2, 0.25) is 0 Å². The van der Waals surface area contributed by atoms with Crippen molar-refractivity contribution in [1.29, 1.82) is 5.26 Å². The molecule has 3 fully saturated rings. The van der Waals surface area contributed by atoms with E-state index in [1.807, 2.05) is 24.4 Å². The number of carbonyl (C=O) groups is 1. The predicted molar refractivity (Wildman–Crippen MR) is 122 cm³/mol. The lowest BCUT2D eigenvalue weighted by atomic mass is 9.95. The van der Waals surface area contributed by atoms with Crippen molar-refractivity contribution in [1.82, 2.24) is 15.5 Å². The number of hydrogen-bond donors (Lipinski definition) is 2. The minimum atomic E-state index is -0.429. The number of anilines is 2. The Morgan fingerprint density at radius 3 is 2.79 bits per heavy atom. The molecule has 2 aromatic heterocycles. The molecule has 7 rings (SSSR count). The molecule has 0 bridgehead atoms. The summed E-state index contributed by atoms with van der Waals surface area (Å²) in [5.41, 5.74) is 4.51. The van der Waals surface area contributed by atoms with E-state index in [9.17, 15) is 10.1 Å². The molecule has 0 radical (unpaired) electrons. The normalized spacial score (nSPS) is 30.3. The van der Waals surface area contributed by atoms with Crippen LogP contribution in [0.4, 0.5) is 16.3 Å². The first-order valence-corrected chi connectivity index (χ1v) is 11.5. The average molecular weight is 454 g/mol. The molecule has 1 amide bonds. The second-order valence-electron chi connectivity index (χ2n) is 9.46. The van der Waals surface area contributed by atoms with Crippen LogP contribution in [0.5, 0.6) is 0 Å². The van der Waals surface area contributed by atoms with E-state index >= 15 is 0 Å². The monoisotopic (exact) mass is 454 g/mol. The summed E-state index contributed by atoms with van der Waals surface area (Å²) in [6.45, 7) is 2.24. The van der Waals surface area contributed by atoms with Gasteiger partial charge in [-0.1, -0.05) is 17.3 Å². The molecule has 34 heavy (non-hydrogen) atoms. The van der Waals surface area contributed by atoms with Crippen molar-refractivity contribution in [2.45, 2.75) is 24.0 Å². The maximum atomic E-state index is 12.6. The fourth-order valence-corrected chi connectivity index (χ4v) is 6.09. The van der Waals surface area contributed by atoms with Crippen LogP contribution in [0.1, 0.15) is 11.3 Å². The van der Waals surface area contributed by atoms with Gasteiger partial charge in [-0.2, -0.15) is 5.26 Å². The van der Waals surface area contributed by atoms with E-state index in [-0.39, 0.29) is 18.2 Å². The summed E-state index contributed by atoms with van der Waals surface area (Å²) in [6.07, 6.45) is 3.49. The second kappa shape index (κ2) is 7.05. The smallest absolute Gasteiger partial charge is 0.415 e. The molecule has 9 heteroatoms. The highest BCUT2D eigenvalue weighted by molar-refractivity contribution is 5.94. The number of fused-ring (bicyclic) bond motifs is 4. The van der Waals surface area contributed by atoms with E-state index in [1.165, 1.54) is 6.26 Å². The maximum Gasteiger partial charge on any atom is 0.415 e. The third-order valence-corrected chi connectivity index (χ3v) is 7.88. The Balaban J connectivity index is 1.11. The lowest BCUT2D eigenvalue weighted by Crippen LogP contribution is -2.36. The quantitative estimate of drug-likeness (QED) is 0.605. The van der Waals surface area contributed by atoms with E-state index in [1.54, 1.807) is 11.0 Å². The standard InChI is InChI=1S/C25H22N6O3/c26-13-25(17-10-27-11-18(17)25)22-4-2-15(9-28-22)14-1-3-19-16(7-14)8-20-21(34-24(32)31(19)20)12-29-23-5-6-33-30-23/h1-7,9,17-18,20-21,27H,8,10-12H2,(H,29,30)/t17-,18+,20-,21-,25+/m0/s1. The molecule has 0 unspecified atom stereocenters. The number of hydrogen-bond acceptors (Lipinski definition) is 8. The highest BCUT2D eigenvalue weighted by atomic mass is 16.6. The van der Waals surface area contributed by atoms with Gasteiger partial charge < -0.3 is 19.9 Å². The third kappa shape index (κ3) is 2.66. The number of ether oxygens (including phenoxy) is 1. The van der Waals surface area contributed by atoms with Crippen molar-refractivity contribution in [3.63, 3.8) is 0 Å². The molecule has 5 heterocycles. The molecule has 4 aliphatic rings. The van der Waals surface area contributed by atoms with Gasteiger partial charge in [0.1, 0.15) is 17.8 Å². The van der Waals surface area contributed by atoms with Crippen molar-refractivity contribution in [3.05, 3.63) is 60.1 Å². The largest absolute Gasteiger partial charge is 0.442 e. The van der Waals surface area contributed by atoms with Crippen molar-refractivity contribution >= 4 is 17.6 Å². The number of piperidine rings is 1. The molecule has 170 valence electrons. The highest BCUT2D eigenvalue weighted by Gasteiger charge is 2.69. The van der Waals surface area contributed by atoms with E-state index in [4.69, 9.17) is 14.2 Å². The van der Waals surface area contributed by atoms with Crippen LogP contribution < -0.4 is 15.5 Å². The summed E-state index contributed by atoms with van der Waals surface area (Å²) >= 11 is 0. The predicted octanol–water partition coefficient (Wildman–Crippen LogP) is 2.71. The molecule has 9 nitrogen and oxygen atoms in total. The van der Waals surface area contributed by atoms with Gasteiger partial charge in [-0.3, -0.25) is 9.88 Å². The molecule has 5 atom stereocenters. The molecule has 2 N–H and O–H groups in total. The van der Waals surface area contributed by atoms with Crippen LogP contribution >= 0.6 is 0 Å². The lowest BCUT2D eigenvalue weighted by Gasteiger charge is -2.16. The summed E-state index contributed by atoms with van der Waals surface area (Å²) in [5, 5.41) is 20.2. The Morgan fingerprint density at radius 2 is 2.06 bits per heavy atom. The summed E-state index contributed by atoms with van der Waals surface area (Å²) in [5.74, 6) is 1.36. The van der Waals surface area contributed by atoms with Gasteiger partial charge >= 0.3 is 6.09 Å². The number of nitrogens with one attached hydrogen (secondary N) is 2. The first-order chi connectivity index (χ1) is 16.7. The Bertz CT molecular complexity index is 1310. The molecule has 1 aliphatic carbocycles. The van der Waals surface area contributed by atoms with Crippen molar-refractivity contribution in [2.24, 2.45) is 11.8 Å². The van der Waals surface area contributed by atoms with Gasteiger partial charge in [-0.05, 0) is 35.7 Å². The minimum absolute atomic E-state index is 0.0592. The van der Waals surface area contributed by atoms with Gasteiger partial charge in [-0.25, -0.2) is 4.79 Å². The van der Waals surface area contributed by atoms with Crippen LogP contribution in [0, 0.1) is 23.2 Å². The van der Waals surface area contributed by atoms with Crippen LogP contribution in [0.15, 0.2) is 53.4 Å². The van der Waals surface area contributed by atoms with E-state index < -0.39 is 5.41 Å². The lowest BCUT2D eigenvalue weighted by molar-refractivity contribution is 0.137. The number of aromatic nitrogens is 2. The van der Waals surface area contributed by atoms with Crippen LogP contribution in [-0.4, -0.2) is 48.0 Å². The SMILES string of the molecule is N#C[C@]1(c2ccc(-c3ccc4c(c3)C[C@H]3[C@H](CNc5ccon5)OC(=O)N43)cn2)[C@@H]2CNC[C@@H]21. The van der Waals surface area contributed by atoms with Crippen molar-refractivity contribution in [3.8, 4) is 17.2 Å². The van der Waals surface area contributed by atoms with Gasteiger partial charge in [0.15, 0.2) is 5.82 Å². The van der Waals surface area contributed by atoms with Crippen molar-refractivity contribution in [2.75, 3.05) is 29.9 Å². The zero-order valence-electron chi connectivity index (χ0n) is 18.3. The average Bonchev–Trinajstić information content (AvgIpc) is 3.48. The third-order valence-electron chi connectivity index (χ3n) is 7.88. The van der Waals surface area contributed by atoms with Crippen molar-refractivity contribution < 1.29 is 14.1 Å². The topological polar surface area (TPSA) is 116 Å². The molecular weight excluding hydrogens is 432 g/mol. The summed E-state index contributed by atoms with van der Waals surface area (Å²) in [7, 11) is 0. The van der Waals surface area contributed by atoms with Gasteiger partial charge in [0.05, 0.1) is 30.0 Å². The Hall–Kier alpha value is -3.90. The van der Waals surface area contributed by atoms with Crippen LogP contribution in [-0.2, 0) is 16.6 Å². The number of nitriles is 1. The number of nitrogens with zero attached hydrogens (tertiary/aromatic N) is 4. The number of benzene rings is 1. The van der Waals surface area contributed by atoms with E-state index in [2.05, 4.69) is 34.0 Å². The molecular formula is C25H22N6O3. The number of rotatable bonds is 5. The Kier molecular flexibility index (Phi) is 4.05. The Morgan fingerprint density at radius 1 is 1.21 bits per heavy atom. The molecule has 1 saturated carbocycles. The summed E-state index contributed by atoms with van der Waals surface area (Å²) < 4.78 is 10.5. The highest BCUT2D eigenvalue weighted by Crippen LogP contribution is 2.60. The Labute approximate surface area is 195 Å². The van der Waals surface area contributed by atoms with Gasteiger partial charge in [0, 0.05) is 42.8 Å². The molecule has 1 aromatic carbocycles. The molecule has 3 aromatic rings. The molecule has 2 saturated heterocycles. The number of carbonyl (C=O) groups excluding carboxylic acids is 1. The maximum absolute atomic E-state index is 12.6. The molecule has 3 aliphatic heterocycles. The number of cyclic esters (lactones) is 1. The first kappa shape index (κ1) is 19.6. The number of amides is 1. The van der Waals surface area contributed by atoms with Crippen LogP contribution in [0.2, 0.25) is 0 Å². The van der Waals surface area contributed by atoms with E-state index in [0.29, 0.717) is 24.2 Å². The fraction of sp³-hybridized carbons (Fsp3) is 0.360. The molecule has 0 spiro atoms. The van der Waals surface area contributed by atoms with Gasteiger partial charge in [0.25, 0.3) is 0 Å². The van der Waals surface area contributed by atoms with E-state index in [0.717, 1.165) is 47.6 Å². The zero-order valence-corrected chi connectivity index (χ0v) is 18.3. The zero-order chi connectivity index (χ0) is 22.9. The second-order valence-corrected chi connectivity index (χ2v) is 9.46.